The van der Waals surface area contributed by atoms with Crippen molar-refractivity contribution in [3.8, 4) is 5.75 Å². The van der Waals surface area contributed by atoms with Gasteiger partial charge in [-0.2, -0.15) is 0 Å². The van der Waals surface area contributed by atoms with Crippen LogP contribution in [0.1, 0.15) is 25.3 Å². The van der Waals surface area contributed by atoms with Crippen molar-refractivity contribution in [3.05, 3.63) is 29.8 Å². The summed E-state index contributed by atoms with van der Waals surface area (Å²) in [6, 6.07) is 7.71. The first kappa shape index (κ1) is 19.2. The minimum atomic E-state index is -0.296. The maximum Gasteiger partial charge on any atom is 0.225 e. The van der Waals surface area contributed by atoms with Crippen LogP contribution in [0.4, 0.5) is 0 Å². The summed E-state index contributed by atoms with van der Waals surface area (Å²) in [5.41, 5.74) is 0.968. The average Bonchev–Trinajstić information content (AvgIpc) is 3.06. The molecule has 2 unspecified atom stereocenters. The summed E-state index contributed by atoms with van der Waals surface area (Å²) in [6.07, 6.45) is 0. The molecular weight excluding hydrogens is 320 g/mol. The lowest BCUT2D eigenvalue weighted by Gasteiger charge is -2.20. The molecule has 2 rings (SSSR count). The SMILES string of the molecule is COCCNC(=O)C1CN(C(=O)C(C)C)CC1c1ccccc1OC. The molecule has 0 bridgehead atoms. The number of carbonyl (C=O) groups excluding carboxylic acids is 2. The van der Waals surface area contributed by atoms with Crippen molar-refractivity contribution in [2.75, 3.05) is 40.5 Å². The Morgan fingerprint density at radius 1 is 1.24 bits per heavy atom. The number of carbonyl (C=O) groups is 2. The van der Waals surface area contributed by atoms with Gasteiger partial charge in [-0.25, -0.2) is 0 Å². The van der Waals surface area contributed by atoms with Crippen LogP contribution in [-0.4, -0.2) is 57.2 Å². The van der Waals surface area contributed by atoms with Crippen LogP contribution in [0, 0.1) is 11.8 Å². The van der Waals surface area contributed by atoms with E-state index in [4.69, 9.17) is 9.47 Å². The molecule has 0 radical (unpaired) electrons. The number of hydrogen-bond acceptors (Lipinski definition) is 4. The molecule has 25 heavy (non-hydrogen) atoms. The molecule has 6 nitrogen and oxygen atoms in total. The summed E-state index contributed by atoms with van der Waals surface area (Å²) in [6.45, 7) is 5.65. The minimum Gasteiger partial charge on any atom is -0.496 e. The smallest absolute Gasteiger partial charge is 0.225 e. The Hall–Kier alpha value is -2.08. The zero-order valence-corrected chi connectivity index (χ0v) is 15.5. The zero-order chi connectivity index (χ0) is 18.4. The van der Waals surface area contributed by atoms with Gasteiger partial charge in [-0.3, -0.25) is 9.59 Å². The fraction of sp³-hybridized carbons (Fsp3) is 0.579. The maximum atomic E-state index is 12.7. The molecule has 1 aromatic rings. The summed E-state index contributed by atoms with van der Waals surface area (Å²) in [5.74, 6) is 0.311. The number of ether oxygens (including phenoxy) is 2. The quantitative estimate of drug-likeness (QED) is 0.761. The van der Waals surface area contributed by atoms with Gasteiger partial charge in [0.2, 0.25) is 11.8 Å². The number of nitrogens with one attached hydrogen (secondary N) is 1. The highest BCUT2D eigenvalue weighted by atomic mass is 16.5. The van der Waals surface area contributed by atoms with E-state index in [0.717, 1.165) is 11.3 Å². The van der Waals surface area contributed by atoms with Crippen molar-refractivity contribution >= 4 is 11.8 Å². The Kier molecular flexibility index (Phi) is 6.82. The first-order valence-electron chi connectivity index (χ1n) is 8.68. The molecule has 0 spiro atoms. The summed E-state index contributed by atoms with van der Waals surface area (Å²) in [5, 5.41) is 2.91. The van der Waals surface area contributed by atoms with E-state index in [9.17, 15) is 9.59 Å². The topological polar surface area (TPSA) is 67.9 Å². The fourth-order valence-corrected chi connectivity index (χ4v) is 3.31. The van der Waals surface area contributed by atoms with E-state index in [0.29, 0.717) is 26.2 Å². The standard InChI is InChI=1S/C19H28N2O4/c1-13(2)19(23)21-11-15(14-7-5-6-8-17(14)25-4)16(12-21)18(22)20-9-10-24-3/h5-8,13,15-16H,9-12H2,1-4H3,(H,20,22). The molecular formula is C19H28N2O4. The Bertz CT molecular complexity index is 603. The van der Waals surface area contributed by atoms with Crippen molar-refractivity contribution < 1.29 is 19.1 Å². The number of nitrogens with zero attached hydrogens (tertiary/aromatic N) is 1. The lowest BCUT2D eigenvalue weighted by atomic mass is 9.87. The Balaban J connectivity index is 2.25. The van der Waals surface area contributed by atoms with Gasteiger partial charge in [-0.1, -0.05) is 32.0 Å². The first-order valence-corrected chi connectivity index (χ1v) is 8.68. The lowest BCUT2D eigenvalue weighted by molar-refractivity contribution is -0.133. The number of rotatable bonds is 7. The van der Waals surface area contributed by atoms with Crippen LogP contribution >= 0.6 is 0 Å². The molecule has 1 aromatic carbocycles. The van der Waals surface area contributed by atoms with E-state index in [1.807, 2.05) is 38.1 Å². The van der Waals surface area contributed by atoms with Crippen molar-refractivity contribution in [2.24, 2.45) is 11.8 Å². The van der Waals surface area contributed by atoms with E-state index in [1.54, 1.807) is 19.1 Å². The number of para-hydroxylation sites is 1. The number of hydrogen-bond donors (Lipinski definition) is 1. The van der Waals surface area contributed by atoms with E-state index in [2.05, 4.69) is 5.32 Å². The predicted octanol–water partition coefficient (Wildman–Crippen LogP) is 1.66. The normalized spacial score (nSPS) is 20.0. The van der Waals surface area contributed by atoms with E-state index < -0.39 is 0 Å². The van der Waals surface area contributed by atoms with Crippen LogP contribution in [0.15, 0.2) is 24.3 Å². The highest BCUT2D eigenvalue weighted by Gasteiger charge is 2.41. The molecule has 2 amide bonds. The molecule has 1 aliphatic rings. The lowest BCUT2D eigenvalue weighted by Crippen LogP contribution is -2.37. The number of methoxy groups -OCH3 is 2. The average molecular weight is 348 g/mol. The first-order chi connectivity index (χ1) is 12.0. The monoisotopic (exact) mass is 348 g/mol. The maximum absolute atomic E-state index is 12.7. The molecule has 0 aliphatic carbocycles. The second-order valence-electron chi connectivity index (χ2n) is 6.64. The molecule has 1 aliphatic heterocycles. The number of benzene rings is 1. The van der Waals surface area contributed by atoms with E-state index in [1.165, 1.54) is 0 Å². The molecule has 1 N–H and O–H groups in total. The van der Waals surface area contributed by atoms with Crippen LogP contribution < -0.4 is 10.1 Å². The minimum absolute atomic E-state index is 0.0491. The highest BCUT2D eigenvalue weighted by molar-refractivity contribution is 5.84. The molecule has 1 fully saturated rings. The van der Waals surface area contributed by atoms with Crippen LogP contribution in [0.3, 0.4) is 0 Å². The van der Waals surface area contributed by atoms with Crippen LogP contribution in [0.5, 0.6) is 5.75 Å². The van der Waals surface area contributed by atoms with Crippen molar-refractivity contribution in [2.45, 2.75) is 19.8 Å². The Morgan fingerprint density at radius 3 is 2.60 bits per heavy atom. The molecule has 6 heteroatoms. The van der Waals surface area contributed by atoms with Gasteiger partial charge in [-0.05, 0) is 11.6 Å². The summed E-state index contributed by atoms with van der Waals surface area (Å²) in [4.78, 5) is 26.9. The molecule has 1 saturated heterocycles. The highest BCUT2D eigenvalue weighted by Crippen LogP contribution is 2.38. The molecule has 138 valence electrons. The zero-order valence-electron chi connectivity index (χ0n) is 15.5. The summed E-state index contributed by atoms with van der Waals surface area (Å²) in [7, 11) is 3.22. The van der Waals surface area contributed by atoms with E-state index in [-0.39, 0.29) is 29.6 Å². The van der Waals surface area contributed by atoms with Gasteiger partial charge < -0.3 is 19.7 Å². The van der Waals surface area contributed by atoms with E-state index >= 15 is 0 Å². The van der Waals surface area contributed by atoms with Gasteiger partial charge in [0.15, 0.2) is 0 Å². The van der Waals surface area contributed by atoms with Crippen molar-refractivity contribution in [3.63, 3.8) is 0 Å². The molecule has 2 atom stereocenters. The largest absolute Gasteiger partial charge is 0.496 e. The van der Waals surface area contributed by atoms with Crippen LogP contribution in [0.2, 0.25) is 0 Å². The number of likely N-dealkylation sites (tertiary alicyclic amines) is 1. The third kappa shape index (κ3) is 4.51. The fourth-order valence-electron chi connectivity index (χ4n) is 3.31. The van der Waals surface area contributed by atoms with Crippen molar-refractivity contribution in [1.82, 2.24) is 10.2 Å². The molecule has 0 saturated carbocycles. The van der Waals surface area contributed by atoms with Gasteiger partial charge in [-0.15, -0.1) is 0 Å². The Labute approximate surface area is 149 Å². The summed E-state index contributed by atoms with van der Waals surface area (Å²) >= 11 is 0. The number of amides is 2. The van der Waals surface area contributed by atoms with Crippen LogP contribution in [0.25, 0.3) is 0 Å². The predicted molar refractivity (Wildman–Crippen MR) is 95.5 cm³/mol. The van der Waals surface area contributed by atoms with Gasteiger partial charge in [0, 0.05) is 38.6 Å². The second kappa shape index (κ2) is 8.85. The third-order valence-corrected chi connectivity index (χ3v) is 4.61. The van der Waals surface area contributed by atoms with Gasteiger partial charge in [0.1, 0.15) is 5.75 Å². The van der Waals surface area contributed by atoms with Gasteiger partial charge >= 0.3 is 0 Å². The Morgan fingerprint density at radius 2 is 1.96 bits per heavy atom. The molecule has 0 aromatic heterocycles. The van der Waals surface area contributed by atoms with Gasteiger partial charge in [0.05, 0.1) is 19.6 Å². The van der Waals surface area contributed by atoms with Crippen molar-refractivity contribution in [1.29, 1.82) is 0 Å². The third-order valence-electron chi connectivity index (χ3n) is 4.61. The summed E-state index contributed by atoms with van der Waals surface area (Å²) < 4.78 is 10.5. The van der Waals surface area contributed by atoms with Gasteiger partial charge in [0.25, 0.3) is 0 Å². The molecule has 1 heterocycles. The second-order valence-corrected chi connectivity index (χ2v) is 6.64. The van der Waals surface area contributed by atoms with Crippen LogP contribution in [-0.2, 0) is 14.3 Å².